The molecule has 0 radical (unpaired) electrons. The Morgan fingerprint density at radius 2 is 1.71 bits per heavy atom. The molecule has 132 valence electrons. The maximum absolute atomic E-state index is 11.9. The lowest BCUT2D eigenvalue weighted by molar-refractivity contribution is -0.115. The van der Waals surface area contributed by atoms with Crippen molar-refractivity contribution in [3.63, 3.8) is 0 Å². The molecule has 1 aliphatic rings. The number of amides is 3. The first-order chi connectivity index (χ1) is 11.4. The van der Waals surface area contributed by atoms with Crippen LogP contribution < -0.4 is 20.9 Å². The molecule has 3 amide bonds. The van der Waals surface area contributed by atoms with Crippen molar-refractivity contribution in [2.24, 2.45) is 0 Å². The summed E-state index contributed by atoms with van der Waals surface area (Å²) in [6.07, 6.45) is 0. The molecule has 2 rings (SSSR count). The van der Waals surface area contributed by atoms with E-state index in [0.29, 0.717) is 0 Å². The lowest BCUT2D eigenvalue weighted by atomic mass is 10.2. The molecule has 1 aliphatic heterocycles. The molecule has 7 heteroatoms. The van der Waals surface area contributed by atoms with Crippen LogP contribution in [-0.2, 0) is 4.79 Å². The lowest BCUT2D eigenvalue weighted by Crippen LogP contribution is -2.44. The van der Waals surface area contributed by atoms with Crippen molar-refractivity contribution in [2.75, 3.05) is 50.0 Å². The third-order valence-corrected chi connectivity index (χ3v) is 3.85. The van der Waals surface area contributed by atoms with Gasteiger partial charge in [-0.1, -0.05) is 0 Å². The number of carbonyl (C=O) groups is 2. The van der Waals surface area contributed by atoms with E-state index in [4.69, 9.17) is 0 Å². The number of nitrogens with one attached hydrogen (secondary N) is 3. The number of rotatable bonds is 5. The molecule has 7 nitrogen and oxygen atoms in total. The van der Waals surface area contributed by atoms with E-state index in [0.717, 1.165) is 37.6 Å². The van der Waals surface area contributed by atoms with E-state index in [1.807, 2.05) is 38.1 Å². The van der Waals surface area contributed by atoms with Crippen molar-refractivity contribution >= 4 is 23.3 Å². The molecule has 0 atom stereocenters. The maximum Gasteiger partial charge on any atom is 0.315 e. The standard InChI is InChI=1S/C17H27N5O2/c1-13(2)19-17(24)18-12-16(23)20-14-4-6-15(7-5-14)22-10-8-21(3)9-11-22/h4-7,13H,8-12H2,1-3H3,(H,20,23)(H2,18,19,24). The van der Waals surface area contributed by atoms with Gasteiger partial charge in [0.25, 0.3) is 0 Å². The monoisotopic (exact) mass is 333 g/mol. The van der Waals surface area contributed by atoms with Gasteiger partial charge in [0.15, 0.2) is 0 Å². The van der Waals surface area contributed by atoms with Crippen LogP contribution in [-0.4, -0.2) is 62.7 Å². The van der Waals surface area contributed by atoms with Crippen LogP contribution in [0.5, 0.6) is 0 Å². The Morgan fingerprint density at radius 1 is 1.08 bits per heavy atom. The van der Waals surface area contributed by atoms with Crippen LogP contribution in [0.4, 0.5) is 16.2 Å². The van der Waals surface area contributed by atoms with Gasteiger partial charge in [0, 0.05) is 43.6 Å². The molecule has 1 aromatic carbocycles. The molecule has 1 saturated heterocycles. The Balaban J connectivity index is 1.78. The minimum absolute atomic E-state index is 0.0372. The van der Waals surface area contributed by atoms with E-state index in [9.17, 15) is 9.59 Å². The number of nitrogens with zero attached hydrogens (tertiary/aromatic N) is 2. The van der Waals surface area contributed by atoms with Crippen molar-refractivity contribution < 1.29 is 9.59 Å². The van der Waals surface area contributed by atoms with Crippen molar-refractivity contribution in [3.8, 4) is 0 Å². The Bertz CT molecular complexity index is 551. The van der Waals surface area contributed by atoms with Crippen LogP contribution >= 0.6 is 0 Å². The van der Waals surface area contributed by atoms with Crippen LogP contribution in [0.25, 0.3) is 0 Å². The number of carbonyl (C=O) groups excluding carboxylic acids is 2. The predicted molar refractivity (Wildman–Crippen MR) is 96.5 cm³/mol. The van der Waals surface area contributed by atoms with Crippen LogP contribution in [0.3, 0.4) is 0 Å². The molecular weight excluding hydrogens is 306 g/mol. The highest BCUT2D eigenvalue weighted by molar-refractivity contribution is 5.94. The second-order valence-corrected chi connectivity index (χ2v) is 6.37. The van der Waals surface area contributed by atoms with Gasteiger partial charge in [0.1, 0.15) is 0 Å². The van der Waals surface area contributed by atoms with Gasteiger partial charge in [-0.15, -0.1) is 0 Å². The molecule has 0 aromatic heterocycles. The van der Waals surface area contributed by atoms with Gasteiger partial charge in [0.05, 0.1) is 6.54 Å². The summed E-state index contributed by atoms with van der Waals surface area (Å²) in [5, 5.41) is 7.98. The quantitative estimate of drug-likeness (QED) is 0.754. The van der Waals surface area contributed by atoms with Crippen LogP contribution in [0, 0.1) is 0 Å². The van der Waals surface area contributed by atoms with Gasteiger partial charge in [-0.2, -0.15) is 0 Å². The zero-order chi connectivity index (χ0) is 17.5. The fourth-order valence-corrected chi connectivity index (χ4v) is 2.50. The summed E-state index contributed by atoms with van der Waals surface area (Å²) in [6.45, 7) is 7.81. The maximum atomic E-state index is 11.9. The molecule has 0 aliphatic carbocycles. The largest absolute Gasteiger partial charge is 0.369 e. The minimum Gasteiger partial charge on any atom is -0.369 e. The SMILES string of the molecule is CC(C)NC(=O)NCC(=O)Nc1ccc(N2CCN(C)CC2)cc1. The number of hydrogen-bond acceptors (Lipinski definition) is 4. The zero-order valence-electron chi connectivity index (χ0n) is 14.6. The topological polar surface area (TPSA) is 76.7 Å². The summed E-state index contributed by atoms with van der Waals surface area (Å²) in [5.41, 5.74) is 1.89. The first kappa shape index (κ1) is 18.1. The van der Waals surface area contributed by atoms with E-state index >= 15 is 0 Å². The number of piperazine rings is 1. The number of anilines is 2. The van der Waals surface area contributed by atoms with Gasteiger partial charge in [-0.3, -0.25) is 4.79 Å². The van der Waals surface area contributed by atoms with E-state index < -0.39 is 0 Å². The molecule has 24 heavy (non-hydrogen) atoms. The fraction of sp³-hybridized carbons (Fsp3) is 0.529. The normalized spacial score (nSPS) is 15.2. The van der Waals surface area contributed by atoms with Gasteiger partial charge < -0.3 is 25.8 Å². The summed E-state index contributed by atoms with van der Waals surface area (Å²) in [6, 6.07) is 7.50. The Kier molecular flexibility index (Phi) is 6.43. The zero-order valence-corrected chi connectivity index (χ0v) is 14.6. The minimum atomic E-state index is -0.342. The molecule has 0 unspecified atom stereocenters. The number of hydrogen-bond donors (Lipinski definition) is 3. The average molecular weight is 333 g/mol. The third kappa shape index (κ3) is 5.73. The van der Waals surface area contributed by atoms with Gasteiger partial charge in [-0.05, 0) is 45.2 Å². The van der Waals surface area contributed by atoms with E-state index in [-0.39, 0.29) is 24.5 Å². The Hall–Kier alpha value is -2.28. The molecule has 0 saturated carbocycles. The van der Waals surface area contributed by atoms with Gasteiger partial charge in [-0.25, -0.2) is 4.79 Å². The first-order valence-electron chi connectivity index (χ1n) is 8.32. The summed E-state index contributed by atoms with van der Waals surface area (Å²) in [4.78, 5) is 27.9. The highest BCUT2D eigenvalue weighted by atomic mass is 16.2. The molecule has 0 spiro atoms. The number of urea groups is 1. The second kappa shape index (κ2) is 8.54. The van der Waals surface area contributed by atoms with Crippen molar-refractivity contribution in [1.29, 1.82) is 0 Å². The van der Waals surface area contributed by atoms with Crippen LogP contribution in [0.15, 0.2) is 24.3 Å². The smallest absolute Gasteiger partial charge is 0.315 e. The molecule has 1 heterocycles. The summed E-state index contributed by atoms with van der Waals surface area (Å²) >= 11 is 0. The average Bonchev–Trinajstić information content (AvgIpc) is 2.54. The van der Waals surface area contributed by atoms with Crippen LogP contribution in [0.1, 0.15) is 13.8 Å². The highest BCUT2D eigenvalue weighted by Gasteiger charge is 2.14. The van der Waals surface area contributed by atoms with Crippen LogP contribution in [0.2, 0.25) is 0 Å². The summed E-state index contributed by atoms with van der Waals surface area (Å²) in [7, 11) is 2.13. The molecule has 0 bridgehead atoms. The van der Waals surface area contributed by atoms with Crippen molar-refractivity contribution in [1.82, 2.24) is 15.5 Å². The fourth-order valence-electron chi connectivity index (χ4n) is 2.50. The summed E-state index contributed by atoms with van der Waals surface area (Å²) in [5.74, 6) is -0.249. The van der Waals surface area contributed by atoms with Gasteiger partial charge >= 0.3 is 6.03 Å². The summed E-state index contributed by atoms with van der Waals surface area (Å²) < 4.78 is 0. The third-order valence-electron chi connectivity index (χ3n) is 3.85. The Morgan fingerprint density at radius 3 is 2.29 bits per heavy atom. The Labute approximate surface area is 143 Å². The van der Waals surface area contributed by atoms with E-state index in [1.165, 1.54) is 0 Å². The molecular formula is C17H27N5O2. The lowest BCUT2D eigenvalue weighted by Gasteiger charge is -2.34. The molecule has 1 fully saturated rings. The van der Waals surface area contributed by atoms with Crippen molar-refractivity contribution in [3.05, 3.63) is 24.3 Å². The molecule has 3 N–H and O–H groups in total. The van der Waals surface area contributed by atoms with E-state index in [2.05, 4.69) is 32.8 Å². The first-order valence-corrected chi connectivity index (χ1v) is 8.32. The van der Waals surface area contributed by atoms with Crippen molar-refractivity contribution in [2.45, 2.75) is 19.9 Å². The van der Waals surface area contributed by atoms with Gasteiger partial charge in [0.2, 0.25) is 5.91 Å². The molecule has 1 aromatic rings. The number of likely N-dealkylation sites (N-methyl/N-ethyl adjacent to an activating group) is 1. The second-order valence-electron chi connectivity index (χ2n) is 6.37. The van der Waals surface area contributed by atoms with E-state index in [1.54, 1.807) is 0 Å². The number of benzene rings is 1. The highest BCUT2D eigenvalue weighted by Crippen LogP contribution is 2.19. The predicted octanol–water partition coefficient (Wildman–Crippen LogP) is 1.08.